The molecule has 0 unspecified atom stereocenters. The molecule has 1 amide bonds. The van der Waals surface area contributed by atoms with E-state index in [9.17, 15) is 4.79 Å². The second-order valence-corrected chi connectivity index (χ2v) is 8.36. The van der Waals surface area contributed by atoms with Crippen LogP contribution in [0.3, 0.4) is 0 Å². The van der Waals surface area contributed by atoms with E-state index < -0.39 is 0 Å². The number of aromatic amines is 1. The average Bonchev–Trinajstić information content (AvgIpc) is 3.49. The van der Waals surface area contributed by atoms with E-state index in [4.69, 9.17) is 0 Å². The lowest BCUT2D eigenvalue weighted by atomic mass is 10.0. The molecule has 0 bridgehead atoms. The molecule has 1 saturated carbocycles. The van der Waals surface area contributed by atoms with Crippen molar-refractivity contribution in [2.45, 2.75) is 25.8 Å². The number of nitrogens with one attached hydrogen (secondary N) is 2. The molecule has 2 fully saturated rings. The van der Waals surface area contributed by atoms with Gasteiger partial charge in [0.25, 0.3) is 0 Å². The van der Waals surface area contributed by atoms with Gasteiger partial charge in [0.05, 0.1) is 11.9 Å². The number of rotatable bonds is 3. The second-order valence-electron chi connectivity index (χ2n) is 8.36. The Labute approximate surface area is 172 Å². The largest absolute Gasteiger partial charge is 0.351 e. The van der Waals surface area contributed by atoms with Crippen molar-refractivity contribution in [3.05, 3.63) is 36.9 Å². The molecule has 30 heavy (non-hydrogen) atoms. The Morgan fingerprint density at radius 2 is 2.03 bits per heavy atom. The molecular weight excluding hydrogens is 380 g/mol. The molecule has 1 aliphatic heterocycles. The van der Waals surface area contributed by atoms with Gasteiger partial charge in [0.2, 0.25) is 11.9 Å². The van der Waals surface area contributed by atoms with E-state index >= 15 is 0 Å². The fourth-order valence-electron chi connectivity index (χ4n) is 5.01. The van der Waals surface area contributed by atoms with E-state index in [1.165, 1.54) is 0 Å². The van der Waals surface area contributed by atoms with E-state index in [1.807, 2.05) is 35.6 Å². The van der Waals surface area contributed by atoms with Crippen molar-refractivity contribution < 1.29 is 4.79 Å². The quantitative estimate of drug-likeness (QED) is 0.545. The number of hydrogen-bond donors (Lipinski definition) is 2. The number of likely N-dealkylation sites (tertiary alicyclic amines) is 1. The molecule has 1 saturated heterocycles. The van der Waals surface area contributed by atoms with Gasteiger partial charge in [-0.25, -0.2) is 14.5 Å². The highest BCUT2D eigenvalue weighted by atomic mass is 16.2. The smallest absolute Gasteiger partial charge is 0.224 e. The van der Waals surface area contributed by atoms with Crippen LogP contribution in [0.5, 0.6) is 0 Å². The summed E-state index contributed by atoms with van der Waals surface area (Å²) in [7, 11) is 0. The number of carbonyl (C=O) groups excluding carboxylic acids is 1. The first kappa shape index (κ1) is 17.4. The average molecular weight is 402 g/mol. The molecule has 0 aromatic carbocycles. The highest BCUT2D eigenvalue weighted by Gasteiger charge is 2.41. The second kappa shape index (κ2) is 6.51. The molecular formula is C21H22N8O. The fraction of sp³-hybridized carbons (Fsp3) is 0.381. The molecule has 2 N–H and O–H groups in total. The summed E-state index contributed by atoms with van der Waals surface area (Å²) in [5.41, 5.74) is 3.42. The summed E-state index contributed by atoms with van der Waals surface area (Å²) in [5.74, 6) is 1.99. The van der Waals surface area contributed by atoms with Crippen LogP contribution in [0.15, 0.2) is 36.9 Å². The number of anilines is 1. The Kier molecular flexibility index (Phi) is 3.77. The Bertz CT molecular complexity index is 1250. The van der Waals surface area contributed by atoms with E-state index in [0.29, 0.717) is 23.8 Å². The monoisotopic (exact) mass is 402 g/mol. The first-order chi connectivity index (χ1) is 14.6. The van der Waals surface area contributed by atoms with Crippen LogP contribution in [0.2, 0.25) is 0 Å². The molecule has 0 radical (unpaired) electrons. The molecule has 152 valence electrons. The van der Waals surface area contributed by atoms with Crippen LogP contribution in [0.25, 0.3) is 27.9 Å². The van der Waals surface area contributed by atoms with Crippen molar-refractivity contribution in [2.24, 2.45) is 11.8 Å². The van der Waals surface area contributed by atoms with Gasteiger partial charge in [0, 0.05) is 61.7 Å². The number of aromatic nitrogens is 6. The molecule has 2 aliphatic rings. The van der Waals surface area contributed by atoms with Crippen LogP contribution in [0, 0.1) is 11.8 Å². The SMILES string of the molecule is CC(=O)N1C[C@H]2C[C@@H](Nc3ncc4c(-c5ccn6nccc6n5)c[nH]c4n3)C[C@H]2C1. The number of carbonyl (C=O) groups is 1. The Hall–Kier alpha value is -3.49. The lowest BCUT2D eigenvalue weighted by molar-refractivity contribution is -0.128. The maximum absolute atomic E-state index is 11.6. The third-order valence-corrected chi connectivity index (χ3v) is 6.50. The summed E-state index contributed by atoms with van der Waals surface area (Å²) < 4.78 is 1.74. The maximum atomic E-state index is 11.6. The minimum absolute atomic E-state index is 0.187. The van der Waals surface area contributed by atoms with Crippen LogP contribution >= 0.6 is 0 Å². The van der Waals surface area contributed by atoms with Gasteiger partial charge in [-0.2, -0.15) is 10.1 Å². The van der Waals surface area contributed by atoms with Gasteiger partial charge in [-0.05, 0) is 30.7 Å². The third kappa shape index (κ3) is 2.80. The number of nitrogens with zero attached hydrogens (tertiary/aromatic N) is 6. The standard InChI is InChI=1S/C21H22N8O/c1-12(30)28-10-13-6-15(7-14(13)11-28)25-21-23-9-17-16(8-22-20(17)27-21)18-3-5-29-19(26-18)2-4-24-29/h2-5,8-9,13-15H,6-7,10-11H2,1H3,(H2,22,23,25,27)/t13-,14+,15-. The van der Waals surface area contributed by atoms with Gasteiger partial charge in [-0.15, -0.1) is 0 Å². The summed E-state index contributed by atoms with van der Waals surface area (Å²) in [6, 6.07) is 4.17. The summed E-state index contributed by atoms with van der Waals surface area (Å²) in [5, 5.41) is 8.64. The van der Waals surface area contributed by atoms with Gasteiger partial charge in [-0.3, -0.25) is 4.79 Å². The van der Waals surface area contributed by atoms with Gasteiger partial charge in [0.1, 0.15) is 5.65 Å². The van der Waals surface area contributed by atoms with Crippen LogP contribution in [-0.2, 0) is 4.79 Å². The van der Waals surface area contributed by atoms with Crippen LogP contribution in [-0.4, -0.2) is 59.5 Å². The summed E-state index contributed by atoms with van der Waals surface area (Å²) in [4.78, 5) is 30.8. The zero-order valence-corrected chi connectivity index (χ0v) is 16.6. The van der Waals surface area contributed by atoms with Gasteiger partial charge in [-0.1, -0.05) is 0 Å². The number of fused-ring (bicyclic) bond motifs is 3. The Morgan fingerprint density at radius 3 is 2.83 bits per heavy atom. The Morgan fingerprint density at radius 1 is 1.20 bits per heavy atom. The van der Waals surface area contributed by atoms with Crippen molar-refractivity contribution in [1.29, 1.82) is 0 Å². The molecule has 3 atom stereocenters. The van der Waals surface area contributed by atoms with Gasteiger partial charge < -0.3 is 15.2 Å². The van der Waals surface area contributed by atoms with Crippen molar-refractivity contribution in [3.63, 3.8) is 0 Å². The fourth-order valence-corrected chi connectivity index (χ4v) is 5.01. The predicted molar refractivity (Wildman–Crippen MR) is 112 cm³/mol. The molecule has 9 nitrogen and oxygen atoms in total. The first-order valence-electron chi connectivity index (χ1n) is 10.3. The minimum Gasteiger partial charge on any atom is -0.351 e. The van der Waals surface area contributed by atoms with Crippen LogP contribution < -0.4 is 5.32 Å². The van der Waals surface area contributed by atoms with Crippen LogP contribution in [0.4, 0.5) is 5.95 Å². The van der Waals surface area contributed by atoms with Crippen molar-refractivity contribution >= 4 is 28.5 Å². The zero-order valence-electron chi connectivity index (χ0n) is 16.6. The van der Waals surface area contributed by atoms with E-state index in [2.05, 4.69) is 30.4 Å². The lowest BCUT2D eigenvalue weighted by Gasteiger charge is -2.18. The van der Waals surface area contributed by atoms with Crippen molar-refractivity contribution in [1.82, 2.24) is 34.4 Å². The van der Waals surface area contributed by atoms with Crippen molar-refractivity contribution in [3.8, 4) is 11.3 Å². The third-order valence-electron chi connectivity index (χ3n) is 6.50. The molecule has 4 aromatic heterocycles. The molecule has 9 heteroatoms. The number of amides is 1. The normalized spacial score (nSPS) is 23.4. The summed E-state index contributed by atoms with van der Waals surface area (Å²) in [6.07, 6.45) is 9.53. The van der Waals surface area contributed by atoms with E-state index in [-0.39, 0.29) is 5.91 Å². The van der Waals surface area contributed by atoms with Crippen LogP contribution in [0.1, 0.15) is 19.8 Å². The topological polar surface area (TPSA) is 104 Å². The number of H-pyrrole nitrogens is 1. The highest BCUT2D eigenvalue weighted by Crippen LogP contribution is 2.39. The maximum Gasteiger partial charge on any atom is 0.224 e. The van der Waals surface area contributed by atoms with Gasteiger partial charge in [0.15, 0.2) is 5.65 Å². The van der Waals surface area contributed by atoms with E-state index in [0.717, 1.165) is 53.9 Å². The predicted octanol–water partition coefficient (Wildman–Crippen LogP) is 2.34. The summed E-state index contributed by atoms with van der Waals surface area (Å²) >= 11 is 0. The van der Waals surface area contributed by atoms with Gasteiger partial charge >= 0.3 is 0 Å². The molecule has 1 aliphatic carbocycles. The number of hydrogen-bond acceptors (Lipinski definition) is 6. The zero-order chi connectivity index (χ0) is 20.2. The first-order valence-corrected chi connectivity index (χ1v) is 10.3. The lowest BCUT2D eigenvalue weighted by Crippen LogP contribution is -2.29. The minimum atomic E-state index is 0.187. The Balaban J connectivity index is 1.21. The van der Waals surface area contributed by atoms with E-state index in [1.54, 1.807) is 17.6 Å². The molecule has 0 spiro atoms. The highest BCUT2D eigenvalue weighted by molar-refractivity contribution is 5.92. The molecule has 4 aromatic rings. The molecule has 6 rings (SSSR count). The van der Waals surface area contributed by atoms with Crippen molar-refractivity contribution in [2.75, 3.05) is 18.4 Å². The summed E-state index contributed by atoms with van der Waals surface area (Å²) in [6.45, 7) is 3.42. The molecule has 5 heterocycles.